The number of hydrogen-bond donors (Lipinski definition) is 2. The summed E-state index contributed by atoms with van der Waals surface area (Å²) in [6, 6.07) is 14.9. The van der Waals surface area contributed by atoms with E-state index in [4.69, 9.17) is 0 Å². The van der Waals surface area contributed by atoms with Crippen LogP contribution in [0.4, 0.5) is 0 Å². The standard InChI is InChI=1S/C24H32N2O/c1-16(2)23(27)21-13-18(4)22(19-9-7-6-8-10-19)26-24(21,5)14-20-12-11-17(3)15-25-20/h6-13,15-16,21-23,26-27H,14H2,1-5H3/t21-,22+,23+,24+/m0/s1. The van der Waals surface area contributed by atoms with Gasteiger partial charge in [0.25, 0.3) is 0 Å². The second kappa shape index (κ2) is 7.95. The van der Waals surface area contributed by atoms with Crippen molar-refractivity contribution < 1.29 is 5.11 Å². The molecule has 2 aromatic rings. The molecule has 144 valence electrons. The van der Waals surface area contributed by atoms with E-state index in [2.05, 4.69) is 87.4 Å². The lowest BCUT2D eigenvalue weighted by Gasteiger charge is -2.47. The SMILES string of the molecule is CC1=C[C@@H]([C@H](O)C(C)C)[C@@](C)(Cc2ccc(C)cn2)N[C@H]1c1ccccc1. The lowest BCUT2D eigenvalue weighted by Crippen LogP contribution is -2.58. The number of benzene rings is 1. The average Bonchev–Trinajstić information content (AvgIpc) is 2.65. The molecule has 0 fully saturated rings. The molecule has 2 heterocycles. The summed E-state index contributed by atoms with van der Waals surface area (Å²) in [6.45, 7) is 10.6. The highest BCUT2D eigenvalue weighted by atomic mass is 16.3. The van der Waals surface area contributed by atoms with E-state index >= 15 is 0 Å². The van der Waals surface area contributed by atoms with E-state index in [1.165, 1.54) is 11.1 Å². The summed E-state index contributed by atoms with van der Waals surface area (Å²) in [5, 5.41) is 14.9. The Morgan fingerprint density at radius 1 is 1.11 bits per heavy atom. The van der Waals surface area contributed by atoms with Crippen LogP contribution in [0.5, 0.6) is 0 Å². The molecule has 0 saturated heterocycles. The van der Waals surface area contributed by atoms with Crippen LogP contribution >= 0.6 is 0 Å². The highest BCUT2D eigenvalue weighted by Gasteiger charge is 2.43. The van der Waals surface area contributed by atoms with E-state index in [9.17, 15) is 5.11 Å². The topological polar surface area (TPSA) is 45.2 Å². The van der Waals surface area contributed by atoms with Crippen molar-refractivity contribution in [1.82, 2.24) is 10.3 Å². The number of pyridine rings is 1. The Kier molecular flexibility index (Phi) is 5.83. The fourth-order valence-electron chi connectivity index (χ4n) is 4.13. The Morgan fingerprint density at radius 2 is 1.81 bits per heavy atom. The summed E-state index contributed by atoms with van der Waals surface area (Å²) in [4.78, 5) is 4.63. The van der Waals surface area contributed by atoms with Crippen LogP contribution < -0.4 is 5.32 Å². The summed E-state index contributed by atoms with van der Waals surface area (Å²) in [5.74, 6) is 0.222. The van der Waals surface area contributed by atoms with Crippen molar-refractivity contribution in [1.29, 1.82) is 0 Å². The summed E-state index contributed by atoms with van der Waals surface area (Å²) >= 11 is 0. The Bertz CT molecular complexity index is 782. The van der Waals surface area contributed by atoms with Crippen molar-refractivity contribution in [2.45, 2.75) is 58.7 Å². The number of aromatic nitrogens is 1. The molecule has 3 rings (SSSR count). The number of nitrogens with one attached hydrogen (secondary N) is 1. The van der Waals surface area contributed by atoms with Gasteiger partial charge in [-0.1, -0.05) is 61.9 Å². The van der Waals surface area contributed by atoms with Crippen molar-refractivity contribution in [3.63, 3.8) is 0 Å². The average molecular weight is 365 g/mol. The Hall–Kier alpha value is -1.97. The summed E-state index contributed by atoms with van der Waals surface area (Å²) in [5.41, 5.74) is 4.45. The fourth-order valence-corrected chi connectivity index (χ4v) is 4.13. The largest absolute Gasteiger partial charge is 0.392 e. The summed E-state index contributed by atoms with van der Waals surface area (Å²) in [6.07, 6.45) is 4.58. The number of rotatable bonds is 5. The molecule has 4 atom stereocenters. The first-order valence-corrected chi connectivity index (χ1v) is 9.91. The lowest BCUT2D eigenvalue weighted by molar-refractivity contribution is 0.0314. The maximum Gasteiger partial charge on any atom is 0.0643 e. The Morgan fingerprint density at radius 3 is 2.41 bits per heavy atom. The molecule has 27 heavy (non-hydrogen) atoms. The van der Waals surface area contributed by atoms with E-state index in [0.717, 1.165) is 17.7 Å². The minimum atomic E-state index is -0.403. The maximum atomic E-state index is 11.0. The van der Waals surface area contributed by atoms with Crippen LogP contribution in [0.15, 0.2) is 60.3 Å². The zero-order valence-corrected chi connectivity index (χ0v) is 17.1. The van der Waals surface area contributed by atoms with Gasteiger partial charge in [0.1, 0.15) is 0 Å². The number of aliphatic hydroxyl groups excluding tert-OH is 1. The first kappa shape index (κ1) is 19.8. The number of hydrogen-bond acceptors (Lipinski definition) is 3. The minimum Gasteiger partial charge on any atom is -0.392 e. The zero-order chi connectivity index (χ0) is 19.6. The molecule has 1 aliphatic heterocycles. The molecule has 0 saturated carbocycles. The van der Waals surface area contributed by atoms with Gasteiger partial charge in [0.2, 0.25) is 0 Å². The number of aliphatic hydroxyl groups is 1. The normalized spacial score (nSPS) is 26.7. The molecule has 0 amide bonds. The third-order valence-corrected chi connectivity index (χ3v) is 5.81. The Balaban J connectivity index is 1.99. The van der Waals surface area contributed by atoms with Gasteiger partial charge in [-0.15, -0.1) is 0 Å². The first-order chi connectivity index (χ1) is 12.8. The van der Waals surface area contributed by atoms with E-state index < -0.39 is 6.10 Å². The molecule has 3 nitrogen and oxygen atoms in total. The molecule has 0 spiro atoms. The zero-order valence-electron chi connectivity index (χ0n) is 17.1. The molecule has 0 bridgehead atoms. The van der Waals surface area contributed by atoms with Crippen molar-refractivity contribution in [2.75, 3.05) is 0 Å². The molecule has 0 aliphatic carbocycles. The van der Waals surface area contributed by atoms with E-state index in [1.54, 1.807) is 0 Å². The van der Waals surface area contributed by atoms with Gasteiger partial charge in [0.15, 0.2) is 0 Å². The third-order valence-electron chi connectivity index (χ3n) is 5.81. The van der Waals surface area contributed by atoms with Crippen molar-refractivity contribution in [2.24, 2.45) is 11.8 Å². The van der Waals surface area contributed by atoms with Crippen molar-refractivity contribution in [3.8, 4) is 0 Å². The molecule has 1 aromatic heterocycles. The Labute approximate surface area is 163 Å². The van der Waals surface area contributed by atoms with Crippen LogP contribution in [0.1, 0.15) is 50.6 Å². The smallest absolute Gasteiger partial charge is 0.0643 e. The van der Waals surface area contributed by atoms with Gasteiger partial charge in [-0.25, -0.2) is 0 Å². The minimum absolute atomic E-state index is 0.0283. The second-order valence-electron chi connectivity index (χ2n) is 8.58. The van der Waals surface area contributed by atoms with Crippen LogP contribution in [0, 0.1) is 18.8 Å². The van der Waals surface area contributed by atoms with Crippen molar-refractivity contribution >= 4 is 0 Å². The van der Waals surface area contributed by atoms with Crippen LogP contribution in [0.25, 0.3) is 0 Å². The van der Waals surface area contributed by atoms with Gasteiger partial charge < -0.3 is 10.4 Å². The first-order valence-electron chi connectivity index (χ1n) is 9.91. The monoisotopic (exact) mass is 364 g/mol. The highest BCUT2D eigenvalue weighted by molar-refractivity contribution is 5.33. The van der Waals surface area contributed by atoms with E-state index in [0.29, 0.717) is 0 Å². The molecule has 1 aliphatic rings. The van der Waals surface area contributed by atoms with E-state index in [1.807, 2.05) is 12.3 Å². The third kappa shape index (κ3) is 4.31. The van der Waals surface area contributed by atoms with Gasteiger partial charge >= 0.3 is 0 Å². The second-order valence-corrected chi connectivity index (χ2v) is 8.58. The maximum absolute atomic E-state index is 11.0. The highest BCUT2D eigenvalue weighted by Crippen LogP contribution is 2.39. The number of nitrogens with zero attached hydrogens (tertiary/aromatic N) is 1. The van der Waals surface area contributed by atoms with Gasteiger partial charge in [-0.2, -0.15) is 0 Å². The molecule has 0 radical (unpaired) electrons. The lowest BCUT2D eigenvalue weighted by atomic mass is 9.70. The van der Waals surface area contributed by atoms with Crippen molar-refractivity contribution in [3.05, 3.63) is 77.1 Å². The van der Waals surface area contributed by atoms with Crippen LogP contribution in [0.3, 0.4) is 0 Å². The van der Waals surface area contributed by atoms with Crippen LogP contribution in [0.2, 0.25) is 0 Å². The quantitative estimate of drug-likeness (QED) is 0.761. The van der Waals surface area contributed by atoms with Gasteiger partial charge in [-0.05, 0) is 43.9 Å². The van der Waals surface area contributed by atoms with Crippen LogP contribution in [-0.2, 0) is 6.42 Å². The predicted octanol–water partition coefficient (Wildman–Crippen LogP) is 4.62. The van der Waals surface area contributed by atoms with E-state index in [-0.39, 0.29) is 23.4 Å². The molecule has 1 aromatic carbocycles. The molecular weight excluding hydrogens is 332 g/mol. The van der Waals surface area contributed by atoms with Crippen LogP contribution in [-0.4, -0.2) is 21.7 Å². The van der Waals surface area contributed by atoms with Gasteiger partial charge in [0.05, 0.1) is 12.1 Å². The van der Waals surface area contributed by atoms with Gasteiger partial charge in [-0.3, -0.25) is 4.98 Å². The summed E-state index contributed by atoms with van der Waals surface area (Å²) in [7, 11) is 0. The molecule has 0 unspecified atom stereocenters. The summed E-state index contributed by atoms with van der Waals surface area (Å²) < 4.78 is 0. The molecular formula is C24H32N2O. The number of aryl methyl sites for hydroxylation is 1. The molecule has 3 heteroatoms. The molecule has 2 N–H and O–H groups in total. The predicted molar refractivity (Wildman–Crippen MR) is 111 cm³/mol. The van der Waals surface area contributed by atoms with Gasteiger partial charge in [0, 0.05) is 29.8 Å². The fraction of sp³-hybridized carbons (Fsp3) is 0.458.